The van der Waals surface area contributed by atoms with Gasteiger partial charge in [-0.1, -0.05) is 0 Å². The molecule has 5 nitrogen and oxygen atoms in total. The van der Waals surface area contributed by atoms with E-state index < -0.39 is 5.97 Å². The lowest BCUT2D eigenvalue weighted by Gasteiger charge is -2.28. The summed E-state index contributed by atoms with van der Waals surface area (Å²) < 4.78 is 0. The number of carboxylic acid groups (broad SMARTS) is 1. The normalized spacial score (nSPS) is 22.2. The average molecular weight is 270 g/mol. The number of hydrogen-bond donors (Lipinski definition) is 2. The SMILES string of the molecule is CC(C(=O)NC(C)(C)C)N1CCC(CCC(=O)O)C1. The second-order valence-electron chi connectivity index (χ2n) is 6.50. The summed E-state index contributed by atoms with van der Waals surface area (Å²) in [6.07, 6.45) is 1.92. The third-order valence-corrected chi connectivity index (χ3v) is 3.51. The van der Waals surface area contributed by atoms with Gasteiger partial charge in [-0.25, -0.2) is 0 Å². The fraction of sp³-hybridized carbons (Fsp3) is 0.857. The Balaban J connectivity index is 2.41. The maximum Gasteiger partial charge on any atom is 0.303 e. The fourth-order valence-electron chi connectivity index (χ4n) is 2.42. The number of amides is 1. The summed E-state index contributed by atoms with van der Waals surface area (Å²) in [6.45, 7) is 9.53. The van der Waals surface area contributed by atoms with Crippen molar-refractivity contribution >= 4 is 11.9 Å². The molecule has 19 heavy (non-hydrogen) atoms. The predicted octanol–water partition coefficient (Wildman–Crippen LogP) is 1.48. The Bertz CT molecular complexity index is 336. The first-order valence-electron chi connectivity index (χ1n) is 6.97. The minimum atomic E-state index is -0.739. The van der Waals surface area contributed by atoms with Crippen LogP contribution < -0.4 is 5.32 Å². The van der Waals surface area contributed by atoms with Gasteiger partial charge in [-0.2, -0.15) is 0 Å². The maximum absolute atomic E-state index is 12.1. The molecule has 1 heterocycles. The molecule has 0 aromatic rings. The maximum atomic E-state index is 12.1. The topological polar surface area (TPSA) is 69.6 Å². The van der Waals surface area contributed by atoms with Crippen LogP contribution in [0, 0.1) is 5.92 Å². The van der Waals surface area contributed by atoms with Crippen LogP contribution in [0.25, 0.3) is 0 Å². The van der Waals surface area contributed by atoms with Crippen LogP contribution in [-0.4, -0.2) is 46.6 Å². The molecule has 2 atom stereocenters. The molecule has 1 rings (SSSR count). The van der Waals surface area contributed by atoms with E-state index in [1.807, 2.05) is 27.7 Å². The van der Waals surface area contributed by atoms with Crippen molar-refractivity contribution in [3.63, 3.8) is 0 Å². The highest BCUT2D eigenvalue weighted by Gasteiger charge is 2.30. The smallest absolute Gasteiger partial charge is 0.303 e. The van der Waals surface area contributed by atoms with Gasteiger partial charge in [-0.15, -0.1) is 0 Å². The van der Waals surface area contributed by atoms with Gasteiger partial charge in [-0.3, -0.25) is 14.5 Å². The molecule has 110 valence electrons. The van der Waals surface area contributed by atoms with Crippen molar-refractivity contribution in [1.29, 1.82) is 0 Å². The number of rotatable bonds is 5. The Labute approximate surface area is 115 Å². The van der Waals surface area contributed by atoms with Crippen molar-refractivity contribution in [3.05, 3.63) is 0 Å². The molecule has 5 heteroatoms. The minimum absolute atomic E-state index is 0.0476. The molecule has 1 aliphatic heterocycles. The Morgan fingerprint density at radius 2 is 2.05 bits per heavy atom. The molecule has 1 fully saturated rings. The molecule has 0 saturated carbocycles. The minimum Gasteiger partial charge on any atom is -0.481 e. The number of carbonyl (C=O) groups is 2. The van der Waals surface area contributed by atoms with Crippen LogP contribution in [0.5, 0.6) is 0 Å². The number of nitrogens with zero attached hydrogens (tertiary/aromatic N) is 1. The Kier molecular flexibility index (Phi) is 5.35. The molecule has 0 bridgehead atoms. The first-order valence-corrected chi connectivity index (χ1v) is 6.97. The number of likely N-dealkylation sites (tertiary alicyclic amines) is 1. The first kappa shape index (κ1) is 16.0. The van der Waals surface area contributed by atoms with Crippen molar-refractivity contribution in [2.75, 3.05) is 13.1 Å². The number of nitrogens with one attached hydrogen (secondary N) is 1. The van der Waals surface area contributed by atoms with Crippen molar-refractivity contribution in [2.45, 2.75) is 58.5 Å². The molecule has 1 aliphatic rings. The summed E-state index contributed by atoms with van der Waals surface area (Å²) in [5.41, 5.74) is -0.215. The second-order valence-corrected chi connectivity index (χ2v) is 6.50. The number of carboxylic acids is 1. The van der Waals surface area contributed by atoms with E-state index in [1.54, 1.807) is 0 Å². The van der Waals surface area contributed by atoms with E-state index in [0.29, 0.717) is 12.3 Å². The molecule has 1 amide bonds. The highest BCUT2D eigenvalue weighted by molar-refractivity contribution is 5.82. The fourth-order valence-corrected chi connectivity index (χ4v) is 2.42. The Morgan fingerprint density at radius 3 is 2.58 bits per heavy atom. The lowest BCUT2D eigenvalue weighted by Crippen LogP contribution is -2.50. The summed E-state index contributed by atoms with van der Waals surface area (Å²) >= 11 is 0. The highest BCUT2D eigenvalue weighted by Crippen LogP contribution is 2.23. The summed E-state index contributed by atoms with van der Waals surface area (Å²) in [5, 5.41) is 11.7. The Morgan fingerprint density at radius 1 is 1.42 bits per heavy atom. The van der Waals surface area contributed by atoms with Crippen LogP contribution in [0.2, 0.25) is 0 Å². The summed E-state index contributed by atoms with van der Waals surface area (Å²) in [6, 6.07) is -0.144. The summed E-state index contributed by atoms with van der Waals surface area (Å²) in [7, 11) is 0. The number of aliphatic carboxylic acids is 1. The van der Waals surface area contributed by atoms with Crippen molar-refractivity contribution in [2.24, 2.45) is 5.92 Å². The summed E-state index contributed by atoms with van der Waals surface area (Å²) in [4.78, 5) is 24.8. The average Bonchev–Trinajstić information content (AvgIpc) is 2.71. The largest absolute Gasteiger partial charge is 0.481 e. The molecule has 1 saturated heterocycles. The van der Waals surface area contributed by atoms with Gasteiger partial charge in [0, 0.05) is 18.5 Å². The van der Waals surface area contributed by atoms with E-state index in [9.17, 15) is 9.59 Å². The third kappa shape index (κ3) is 5.59. The van der Waals surface area contributed by atoms with Gasteiger partial charge >= 0.3 is 5.97 Å². The van der Waals surface area contributed by atoms with Crippen LogP contribution in [0.4, 0.5) is 0 Å². The predicted molar refractivity (Wildman–Crippen MR) is 73.9 cm³/mol. The number of hydrogen-bond acceptors (Lipinski definition) is 3. The van der Waals surface area contributed by atoms with Gasteiger partial charge in [0.05, 0.1) is 6.04 Å². The Hall–Kier alpha value is -1.10. The molecular formula is C14H26N2O3. The van der Waals surface area contributed by atoms with Crippen molar-refractivity contribution < 1.29 is 14.7 Å². The molecule has 0 aromatic carbocycles. The van der Waals surface area contributed by atoms with Gasteiger partial charge in [-0.05, 0) is 53.0 Å². The van der Waals surface area contributed by atoms with Crippen molar-refractivity contribution in [1.82, 2.24) is 10.2 Å². The van der Waals surface area contributed by atoms with Crippen LogP contribution in [0.3, 0.4) is 0 Å². The number of carbonyl (C=O) groups excluding carboxylic acids is 1. The quantitative estimate of drug-likeness (QED) is 0.794. The van der Waals surface area contributed by atoms with E-state index in [1.165, 1.54) is 0 Å². The van der Waals surface area contributed by atoms with Crippen LogP contribution in [0.1, 0.15) is 47.0 Å². The van der Waals surface area contributed by atoms with Crippen LogP contribution in [-0.2, 0) is 9.59 Å². The van der Waals surface area contributed by atoms with Gasteiger partial charge in [0.2, 0.25) is 5.91 Å². The zero-order chi connectivity index (χ0) is 14.6. The molecule has 2 N–H and O–H groups in total. The molecule has 0 radical (unpaired) electrons. The lowest BCUT2D eigenvalue weighted by molar-refractivity contribution is -0.137. The summed E-state index contributed by atoms with van der Waals surface area (Å²) in [5.74, 6) is -0.288. The van der Waals surface area contributed by atoms with Crippen molar-refractivity contribution in [3.8, 4) is 0 Å². The lowest BCUT2D eigenvalue weighted by atomic mass is 10.0. The molecular weight excluding hydrogens is 244 g/mol. The molecule has 0 spiro atoms. The zero-order valence-electron chi connectivity index (χ0n) is 12.4. The van der Waals surface area contributed by atoms with Gasteiger partial charge in [0.25, 0.3) is 0 Å². The molecule has 0 aromatic heterocycles. The molecule has 0 aliphatic carbocycles. The highest BCUT2D eigenvalue weighted by atomic mass is 16.4. The van der Waals surface area contributed by atoms with Crippen LogP contribution in [0.15, 0.2) is 0 Å². The monoisotopic (exact) mass is 270 g/mol. The molecule has 2 unspecified atom stereocenters. The first-order chi connectivity index (χ1) is 8.69. The van der Waals surface area contributed by atoms with Gasteiger partial charge in [0.1, 0.15) is 0 Å². The third-order valence-electron chi connectivity index (χ3n) is 3.51. The van der Waals surface area contributed by atoms with Gasteiger partial charge in [0.15, 0.2) is 0 Å². The van der Waals surface area contributed by atoms with Crippen LogP contribution >= 0.6 is 0 Å². The van der Waals surface area contributed by atoms with E-state index in [-0.39, 0.29) is 23.9 Å². The van der Waals surface area contributed by atoms with E-state index in [2.05, 4.69) is 10.2 Å². The van der Waals surface area contributed by atoms with E-state index in [4.69, 9.17) is 5.11 Å². The van der Waals surface area contributed by atoms with Gasteiger partial charge < -0.3 is 10.4 Å². The standard InChI is InChI=1S/C14H26N2O3/c1-10(13(19)15-14(2,3)4)16-8-7-11(9-16)5-6-12(17)18/h10-11H,5-9H2,1-4H3,(H,15,19)(H,17,18). The second kappa shape index (κ2) is 6.37. The zero-order valence-corrected chi connectivity index (χ0v) is 12.4. The van der Waals surface area contributed by atoms with E-state index >= 15 is 0 Å². The van der Waals surface area contributed by atoms with E-state index in [0.717, 1.165) is 19.5 Å².